The van der Waals surface area contributed by atoms with Crippen molar-refractivity contribution in [3.63, 3.8) is 0 Å². The Bertz CT molecular complexity index is 3110. The Morgan fingerprint density at radius 2 is 0.458 bits per heavy atom. The second kappa shape index (κ2) is 21.0. The molecule has 72 heavy (non-hydrogen) atoms. The quantitative estimate of drug-likeness (QED) is 0.0859. The molecule has 0 saturated heterocycles. The fraction of sp³-hybridized carbons (Fsp3) is 0.0625. The average Bonchev–Trinajstić information content (AvgIpc) is 3.41. The summed E-state index contributed by atoms with van der Waals surface area (Å²) >= 11 is 0. The zero-order chi connectivity index (χ0) is 50.1. The second-order valence-electron chi connectivity index (χ2n) is 17.6. The van der Waals surface area contributed by atoms with Gasteiger partial charge in [-0.3, -0.25) is 0 Å². The molecule has 0 amide bonds. The Morgan fingerprint density at radius 3 is 0.611 bits per heavy atom. The van der Waals surface area contributed by atoms with Crippen LogP contribution in [0, 0.1) is 45.3 Å². The number of nitrogens with zero attached hydrogens (tertiary/aromatic N) is 4. The third kappa shape index (κ3) is 10.3. The van der Waals surface area contributed by atoms with Crippen molar-refractivity contribution in [3.05, 3.63) is 259 Å². The number of aromatic hydroxyl groups is 4. The van der Waals surface area contributed by atoms with Crippen LogP contribution in [0.1, 0.15) is 89.0 Å². The molecule has 0 aromatic heterocycles. The lowest BCUT2D eigenvalue weighted by Gasteiger charge is -2.20. The third-order valence-electron chi connectivity index (χ3n) is 12.8. The number of phenols is 4. The van der Waals surface area contributed by atoms with Gasteiger partial charge in [0.2, 0.25) is 0 Å². The Hall–Kier alpha value is -10.1. The first kappa shape index (κ1) is 47.0. The molecule has 9 rings (SSSR count). The minimum atomic E-state index is -0.136. The standard InChI is InChI=1S/C64H44N4O4/c65-37-57(21-41-13-5-1-6-14-41)45-25-49-33-51-27-46(58(38-66)22-42-15-7-2-8-16-42)29-53(62(51)70)35-55-31-48(60(40-68)24-44-19-11-4-12-20-44)32-56(64(55)72)36-54-30-47(59(39-67)23-43-17-9-3-10-18-43)28-52(63(54)71)34-50(26-45)61(49)69/h1-32,69-72H,33-36H2/b57-21+,58-22+,59-23+,60-24+. The summed E-state index contributed by atoms with van der Waals surface area (Å²) in [5.74, 6) is -0.545. The van der Waals surface area contributed by atoms with Crippen molar-refractivity contribution < 1.29 is 20.4 Å². The average molecular weight is 933 g/mol. The van der Waals surface area contributed by atoms with Crippen LogP contribution in [0.3, 0.4) is 0 Å². The van der Waals surface area contributed by atoms with Crippen molar-refractivity contribution >= 4 is 46.6 Å². The Morgan fingerprint density at radius 1 is 0.292 bits per heavy atom. The molecule has 8 nitrogen and oxygen atoms in total. The fourth-order valence-corrected chi connectivity index (χ4v) is 9.15. The topological polar surface area (TPSA) is 176 Å². The SMILES string of the molecule is N#C/C(=C\c1ccccc1)c1cc2c(O)c(c1)Cc1cc(/C(C#N)=C/c3ccccc3)cc(c1O)Cc1cc(/C(C#N)=C/c3ccccc3)cc(c1O)Cc1cc(/C(C#N)=C/c3ccccc3)cc(c1O)C2. The predicted molar refractivity (Wildman–Crippen MR) is 283 cm³/mol. The first-order valence-corrected chi connectivity index (χ1v) is 23.2. The number of fused-ring (bicyclic) bond motifs is 8. The summed E-state index contributed by atoms with van der Waals surface area (Å²) in [4.78, 5) is 0. The van der Waals surface area contributed by atoms with E-state index in [0.29, 0.717) is 89.1 Å². The van der Waals surface area contributed by atoms with E-state index in [-0.39, 0.29) is 48.7 Å². The van der Waals surface area contributed by atoms with Crippen molar-refractivity contribution in [1.29, 1.82) is 21.0 Å². The summed E-state index contributed by atoms with van der Waals surface area (Å²) in [6, 6.07) is 60.5. The van der Waals surface area contributed by atoms with E-state index in [2.05, 4.69) is 24.3 Å². The highest BCUT2D eigenvalue weighted by Crippen LogP contribution is 2.42. The summed E-state index contributed by atoms with van der Waals surface area (Å²) in [5.41, 5.74) is 9.01. The molecule has 8 aromatic carbocycles. The van der Waals surface area contributed by atoms with Gasteiger partial charge in [-0.2, -0.15) is 21.0 Å². The molecule has 344 valence electrons. The Balaban J connectivity index is 1.33. The molecule has 0 saturated carbocycles. The molecule has 1 aliphatic carbocycles. The van der Waals surface area contributed by atoms with Gasteiger partial charge >= 0.3 is 0 Å². The third-order valence-corrected chi connectivity index (χ3v) is 12.8. The van der Waals surface area contributed by atoms with E-state index in [0.717, 1.165) is 22.3 Å². The molecule has 8 aromatic rings. The van der Waals surface area contributed by atoms with E-state index in [9.17, 15) is 41.5 Å². The van der Waals surface area contributed by atoms with Crippen LogP contribution in [0.4, 0.5) is 0 Å². The summed E-state index contributed by atoms with van der Waals surface area (Å²) in [6.07, 6.45) is 6.72. The van der Waals surface area contributed by atoms with Crippen LogP contribution >= 0.6 is 0 Å². The van der Waals surface area contributed by atoms with Crippen LogP contribution in [0.2, 0.25) is 0 Å². The lowest BCUT2D eigenvalue weighted by atomic mass is 9.86. The Kier molecular flexibility index (Phi) is 13.7. The highest BCUT2D eigenvalue weighted by Gasteiger charge is 2.24. The maximum Gasteiger partial charge on any atom is 0.122 e. The maximum atomic E-state index is 12.4. The van der Waals surface area contributed by atoms with E-state index in [4.69, 9.17) is 0 Å². The number of rotatable bonds is 8. The summed E-state index contributed by atoms with van der Waals surface area (Å²) in [6.45, 7) is 0. The predicted octanol–water partition coefficient (Wildman–Crippen LogP) is 13.4. The number of benzene rings is 8. The van der Waals surface area contributed by atoms with E-state index in [1.165, 1.54) is 0 Å². The van der Waals surface area contributed by atoms with E-state index < -0.39 is 0 Å². The smallest absolute Gasteiger partial charge is 0.122 e. The van der Waals surface area contributed by atoms with E-state index in [1.54, 1.807) is 72.8 Å². The van der Waals surface area contributed by atoms with Gasteiger partial charge in [-0.1, -0.05) is 121 Å². The molecular formula is C64H44N4O4. The highest BCUT2D eigenvalue weighted by atomic mass is 16.3. The van der Waals surface area contributed by atoms with Gasteiger partial charge in [0.05, 0.1) is 46.6 Å². The van der Waals surface area contributed by atoms with Gasteiger partial charge < -0.3 is 20.4 Å². The van der Waals surface area contributed by atoms with Gasteiger partial charge in [0, 0.05) is 25.7 Å². The van der Waals surface area contributed by atoms with Crippen molar-refractivity contribution in [2.45, 2.75) is 25.7 Å². The lowest BCUT2D eigenvalue weighted by Crippen LogP contribution is -2.04. The number of nitriles is 4. The summed E-state index contributed by atoms with van der Waals surface area (Å²) in [5, 5.41) is 92.3. The molecule has 0 aliphatic heterocycles. The molecule has 0 unspecified atom stereocenters. The van der Waals surface area contributed by atoms with Gasteiger partial charge in [-0.05, 0) is 162 Å². The van der Waals surface area contributed by atoms with Crippen molar-refractivity contribution in [2.24, 2.45) is 0 Å². The molecule has 1 aliphatic rings. The minimum Gasteiger partial charge on any atom is -0.507 e. The fourth-order valence-electron chi connectivity index (χ4n) is 9.15. The molecular weight excluding hydrogens is 889 g/mol. The van der Waals surface area contributed by atoms with Crippen LogP contribution in [-0.2, 0) is 25.7 Å². The monoisotopic (exact) mass is 932 g/mol. The number of phenolic OH excluding ortho intramolecular Hbond substituents is 4. The van der Waals surface area contributed by atoms with Crippen LogP contribution in [0.15, 0.2) is 170 Å². The van der Waals surface area contributed by atoms with E-state index >= 15 is 0 Å². The first-order valence-electron chi connectivity index (χ1n) is 23.2. The van der Waals surface area contributed by atoms with Gasteiger partial charge in [-0.15, -0.1) is 0 Å². The van der Waals surface area contributed by atoms with Crippen molar-refractivity contribution in [2.75, 3.05) is 0 Å². The van der Waals surface area contributed by atoms with Crippen LogP contribution in [-0.4, -0.2) is 20.4 Å². The van der Waals surface area contributed by atoms with Gasteiger partial charge in [0.25, 0.3) is 0 Å². The molecule has 0 fully saturated rings. The number of hydrogen-bond donors (Lipinski definition) is 4. The number of hydrogen-bond acceptors (Lipinski definition) is 8. The van der Waals surface area contributed by atoms with Gasteiger partial charge in [-0.25, -0.2) is 0 Å². The normalized spacial score (nSPS) is 12.7. The van der Waals surface area contributed by atoms with Crippen LogP contribution < -0.4 is 0 Å². The molecule has 8 bridgehead atoms. The summed E-state index contributed by atoms with van der Waals surface area (Å²) < 4.78 is 0. The minimum absolute atomic E-state index is 0.0707. The Labute approximate surface area is 418 Å². The molecule has 0 radical (unpaired) electrons. The molecule has 0 atom stereocenters. The van der Waals surface area contributed by atoms with Crippen LogP contribution in [0.25, 0.3) is 46.6 Å². The lowest BCUT2D eigenvalue weighted by molar-refractivity contribution is 0.450. The number of allylic oxidation sites excluding steroid dienone is 4. The van der Waals surface area contributed by atoms with Gasteiger partial charge in [0.1, 0.15) is 23.0 Å². The van der Waals surface area contributed by atoms with Crippen molar-refractivity contribution in [1.82, 2.24) is 0 Å². The zero-order valence-corrected chi connectivity index (χ0v) is 38.9. The maximum absolute atomic E-state index is 12.4. The van der Waals surface area contributed by atoms with Crippen LogP contribution in [0.5, 0.6) is 23.0 Å². The van der Waals surface area contributed by atoms with Gasteiger partial charge in [0.15, 0.2) is 0 Å². The summed E-state index contributed by atoms with van der Waals surface area (Å²) in [7, 11) is 0. The highest BCUT2D eigenvalue weighted by molar-refractivity contribution is 5.93. The van der Waals surface area contributed by atoms with E-state index in [1.807, 2.05) is 121 Å². The molecule has 4 N–H and O–H groups in total. The first-order chi connectivity index (χ1) is 35.1. The van der Waals surface area contributed by atoms with Crippen molar-refractivity contribution in [3.8, 4) is 47.3 Å². The molecule has 8 heteroatoms. The largest absolute Gasteiger partial charge is 0.507 e. The second-order valence-corrected chi connectivity index (χ2v) is 17.6. The molecule has 0 spiro atoms. The zero-order valence-electron chi connectivity index (χ0n) is 38.9. The molecule has 0 heterocycles.